The molecule has 0 aromatic rings. The molecular formula is C16H30N2O4S. The van der Waals surface area contributed by atoms with E-state index in [1.807, 2.05) is 0 Å². The first kappa shape index (κ1) is 18.7. The molecule has 3 N–H and O–H groups in total. The van der Waals surface area contributed by atoms with Gasteiger partial charge in [0.15, 0.2) is 0 Å². The predicted octanol–water partition coefficient (Wildman–Crippen LogP) is 1.55. The second-order valence-electron chi connectivity index (χ2n) is 7.11. The molecule has 0 aromatic carbocycles. The molecule has 0 amide bonds. The van der Waals surface area contributed by atoms with Gasteiger partial charge in [-0.3, -0.25) is 4.79 Å². The number of methoxy groups -OCH3 is 1. The maximum atomic E-state index is 13.0. The monoisotopic (exact) mass is 346 g/mol. The van der Waals surface area contributed by atoms with Crippen LogP contribution in [0.1, 0.15) is 58.3 Å². The SMILES string of the molecule is COC(=O)C1CCCCC1S(=O)(=O)NC1(CN)CCCCC1C. The molecule has 134 valence electrons. The van der Waals surface area contributed by atoms with E-state index in [-0.39, 0.29) is 5.92 Å². The summed E-state index contributed by atoms with van der Waals surface area (Å²) in [5, 5.41) is -0.707. The standard InChI is InChI=1S/C16H30N2O4S/c1-12-7-5-6-10-16(12,11-17)18-23(20,21)14-9-4-3-8-13(14)15(19)22-2/h12-14,18H,3-11,17H2,1-2H3. The molecule has 0 aliphatic heterocycles. The lowest BCUT2D eigenvalue weighted by Crippen LogP contribution is -2.61. The molecule has 2 aliphatic rings. The molecule has 0 spiro atoms. The van der Waals surface area contributed by atoms with Crippen LogP contribution in [0.3, 0.4) is 0 Å². The minimum Gasteiger partial charge on any atom is -0.469 e. The zero-order valence-corrected chi connectivity index (χ0v) is 15.0. The minimum absolute atomic E-state index is 0.205. The number of carbonyl (C=O) groups excluding carboxylic acids is 1. The lowest BCUT2D eigenvalue weighted by atomic mass is 9.74. The average Bonchev–Trinajstić information content (AvgIpc) is 2.56. The summed E-state index contributed by atoms with van der Waals surface area (Å²) in [4.78, 5) is 12.0. The number of nitrogens with two attached hydrogens (primary N) is 1. The Labute approximate surface area is 139 Å². The highest BCUT2D eigenvalue weighted by Gasteiger charge is 2.46. The van der Waals surface area contributed by atoms with Crippen molar-refractivity contribution >= 4 is 16.0 Å². The first-order chi connectivity index (χ1) is 10.9. The first-order valence-corrected chi connectivity index (χ1v) is 10.2. The maximum absolute atomic E-state index is 13.0. The number of sulfonamides is 1. The van der Waals surface area contributed by atoms with Crippen molar-refractivity contribution in [1.82, 2.24) is 4.72 Å². The summed E-state index contributed by atoms with van der Waals surface area (Å²) in [6.07, 6.45) is 6.60. The third-order valence-electron chi connectivity index (χ3n) is 5.77. The van der Waals surface area contributed by atoms with Crippen LogP contribution in [0.2, 0.25) is 0 Å². The Hall–Kier alpha value is -0.660. The molecule has 4 unspecified atom stereocenters. The van der Waals surface area contributed by atoms with Gasteiger partial charge in [-0.2, -0.15) is 0 Å². The van der Waals surface area contributed by atoms with Crippen molar-refractivity contribution in [2.75, 3.05) is 13.7 Å². The van der Waals surface area contributed by atoms with Gasteiger partial charge in [0.05, 0.1) is 18.3 Å². The van der Waals surface area contributed by atoms with Crippen LogP contribution >= 0.6 is 0 Å². The Morgan fingerprint density at radius 2 is 1.87 bits per heavy atom. The smallest absolute Gasteiger partial charge is 0.310 e. The van der Waals surface area contributed by atoms with E-state index in [1.54, 1.807) is 0 Å². The molecule has 2 aliphatic carbocycles. The number of carbonyl (C=O) groups is 1. The van der Waals surface area contributed by atoms with Crippen LogP contribution in [0, 0.1) is 11.8 Å². The molecule has 6 nitrogen and oxygen atoms in total. The van der Waals surface area contributed by atoms with Gasteiger partial charge < -0.3 is 10.5 Å². The number of hydrogen-bond acceptors (Lipinski definition) is 5. The molecule has 0 heterocycles. The molecule has 0 saturated heterocycles. The molecule has 0 aromatic heterocycles. The van der Waals surface area contributed by atoms with E-state index in [1.165, 1.54) is 7.11 Å². The Bertz CT molecular complexity index is 522. The van der Waals surface area contributed by atoms with Crippen LogP contribution in [0.25, 0.3) is 0 Å². The Morgan fingerprint density at radius 1 is 1.22 bits per heavy atom. The van der Waals surface area contributed by atoms with E-state index >= 15 is 0 Å². The lowest BCUT2D eigenvalue weighted by molar-refractivity contribution is -0.146. The van der Waals surface area contributed by atoms with E-state index in [9.17, 15) is 13.2 Å². The molecule has 4 atom stereocenters. The molecule has 2 fully saturated rings. The number of ether oxygens (including phenoxy) is 1. The van der Waals surface area contributed by atoms with Crippen molar-refractivity contribution in [3.63, 3.8) is 0 Å². The van der Waals surface area contributed by atoms with Crippen LogP contribution in [-0.4, -0.2) is 38.8 Å². The highest BCUT2D eigenvalue weighted by Crippen LogP contribution is 2.36. The topological polar surface area (TPSA) is 98.5 Å². The van der Waals surface area contributed by atoms with Gasteiger partial charge >= 0.3 is 5.97 Å². The maximum Gasteiger partial charge on any atom is 0.310 e. The van der Waals surface area contributed by atoms with Gasteiger partial charge in [0.1, 0.15) is 0 Å². The number of esters is 1. The minimum atomic E-state index is -3.62. The number of nitrogens with one attached hydrogen (secondary N) is 1. The van der Waals surface area contributed by atoms with Gasteiger partial charge in [0.25, 0.3) is 0 Å². The van der Waals surface area contributed by atoms with Crippen molar-refractivity contribution < 1.29 is 17.9 Å². The molecule has 2 rings (SSSR count). The molecular weight excluding hydrogens is 316 g/mol. The highest BCUT2D eigenvalue weighted by atomic mass is 32.2. The largest absolute Gasteiger partial charge is 0.469 e. The third kappa shape index (κ3) is 3.88. The lowest BCUT2D eigenvalue weighted by Gasteiger charge is -2.43. The van der Waals surface area contributed by atoms with Crippen LogP contribution < -0.4 is 10.5 Å². The summed E-state index contributed by atoms with van der Waals surface area (Å²) in [6, 6.07) is 0. The van der Waals surface area contributed by atoms with Crippen LogP contribution in [0.5, 0.6) is 0 Å². The van der Waals surface area contributed by atoms with Crippen molar-refractivity contribution in [2.45, 2.75) is 69.1 Å². The zero-order chi connectivity index (χ0) is 17.1. The highest BCUT2D eigenvalue weighted by molar-refractivity contribution is 7.90. The average molecular weight is 346 g/mol. The summed E-state index contributed by atoms with van der Waals surface area (Å²) in [5.41, 5.74) is 5.39. The quantitative estimate of drug-likeness (QED) is 0.736. The first-order valence-electron chi connectivity index (χ1n) is 8.67. The summed E-state index contributed by atoms with van der Waals surface area (Å²) in [6.45, 7) is 2.36. The second-order valence-corrected chi connectivity index (χ2v) is 9.01. The molecule has 23 heavy (non-hydrogen) atoms. The molecule has 0 bridgehead atoms. The van der Waals surface area contributed by atoms with Crippen molar-refractivity contribution in [1.29, 1.82) is 0 Å². The van der Waals surface area contributed by atoms with E-state index in [2.05, 4.69) is 11.6 Å². The Balaban J connectivity index is 2.23. The van der Waals surface area contributed by atoms with Crippen LogP contribution in [0.15, 0.2) is 0 Å². The normalized spacial score (nSPS) is 35.7. The van der Waals surface area contributed by atoms with Gasteiger partial charge in [0, 0.05) is 12.1 Å². The predicted molar refractivity (Wildman–Crippen MR) is 89.2 cm³/mol. The van der Waals surface area contributed by atoms with Gasteiger partial charge in [-0.15, -0.1) is 0 Å². The summed E-state index contributed by atoms with van der Waals surface area (Å²) in [7, 11) is -2.30. The number of rotatable bonds is 5. The molecule has 7 heteroatoms. The zero-order valence-electron chi connectivity index (χ0n) is 14.2. The molecule has 0 radical (unpaired) electrons. The van der Waals surface area contributed by atoms with Crippen LogP contribution in [0.4, 0.5) is 0 Å². The van der Waals surface area contributed by atoms with Crippen molar-refractivity contribution in [2.24, 2.45) is 17.6 Å². The van der Waals surface area contributed by atoms with E-state index < -0.39 is 32.7 Å². The van der Waals surface area contributed by atoms with E-state index in [0.717, 1.165) is 38.5 Å². The fraction of sp³-hybridized carbons (Fsp3) is 0.938. The fourth-order valence-corrected chi connectivity index (χ4v) is 6.42. The van der Waals surface area contributed by atoms with Gasteiger partial charge in [-0.1, -0.05) is 32.6 Å². The van der Waals surface area contributed by atoms with E-state index in [0.29, 0.717) is 19.4 Å². The Morgan fingerprint density at radius 3 is 2.48 bits per heavy atom. The van der Waals surface area contributed by atoms with Crippen molar-refractivity contribution in [3.8, 4) is 0 Å². The Kier molecular flexibility index (Phi) is 6.08. The summed E-state index contributed by atoms with van der Waals surface area (Å²) >= 11 is 0. The second kappa shape index (κ2) is 7.49. The van der Waals surface area contributed by atoms with Crippen molar-refractivity contribution in [3.05, 3.63) is 0 Å². The summed E-state index contributed by atoms with van der Waals surface area (Å²) in [5.74, 6) is -0.783. The van der Waals surface area contributed by atoms with Gasteiger partial charge in [-0.05, 0) is 31.6 Å². The molecule has 2 saturated carbocycles. The fourth-order valence-electron chi connectivity index (χ4n) is 4.16. The third-order valence-corrected chi connectivity index (χ3v) is 7.82. The van der Waals surface area contributed by atoms with E-state index in [4.69, 9.17) is 10.5 Å². The number of hydrogen-bond donors (Lipinski definition) is 2. The van der Waals surface area contributed by atoms with Gasteiger partial charge in [-0.25, -0.2) is 13.1 Å². The van der Waals surface area contributed by atoms with Gasteiger partial charge in [0.2, 0.25) is 10.0 Å². The van der Waals surface area contributed by atoms with Crippen LogP contribution in [-0.2, 0) is 19.6 Å². The summed E-state index contributed by atoms with van der Waals surface area (Å²) < 4.78 is 33.8.